The Morgan fingerprint density at radius 3 is 1.07 bits per heavy atom. The average molecular weight is 618 g/mol. The van der Waals surface area contributed by atoms with E-state index in [1.165, 1.54) is 0 Å². The molecule has 0 aromatic carbocycles. The Hall–Kier alpha value is -3.59. The second-order valence-electron chi connectivity index (χ2n) is 10.8. The molecule has 0 saturated carbocycles. The fraction of sp³-hybridized carbons (Fsp3) is 0.656. The molecule has 0 aromatic rings. The molecular formula is C32H47N3O9. The number of hydrogen-bond donors (Lipinski definition) is 3. The molecular weight excluding hydrogens is 570 g/mol. The number of ether oxygens (including phenoxy) is 6. The van der Waals surface area contributed by atoms with Crippen molar-refractivity contribution in [1.29, 1.82) is 0 Å². The zero-order valence-electron chi connectivity index (χ0n) is 26.4. The normalized spacial score (nSPS) is 11.4. The summed E-state index contributed by atoms with van der Waals surface area (Å²) in [4.78, 5) is 37.9. The predicted molar refractivity (Wildman–Crippen MR) is 165 cm³/mol. The first-order valence-electron chi connectivity index (χ1n) is 14.0. The summed E-state index contributed by atoms with van der Waals surface area (Å²) in [6.07, 6.45) is 21.9. The van der Waals surface area contributed by atoms with Crippen molar-refractivity contribution in [3.63, 3.8) is 0 Å². The maximum Gasteiger partial charge on any atom is 0.246 e. The number of hydrogen-bond acceptors (Lipinski definition) is 9. The van der Waals surface area contributed by atoms with Gasteiger partial charge in [0.15, 0.2) is 0 Å². The van der Waals surface area contributed by atoms with Gasteiger partial charge in [-0.3, -0.25) is 14.4 Å². The molecule has 0 aliphatic rings. The quantitative estimate of drug-likeness (QED) is 0.0957. The van der Waals surface area contributed by atoms with E-state index in [-0.39, 0.29) is 91.6 Å². The Labute approximate surface area is 262 Å². The number of nitrogens with one attached hydrogen (secondary N) is 3. The van der Waals surface area contributed by atoms with Crippen molar-refractivity contribution >= 4 is 17.7 Å². The largest absolute Gasteiger partial charge is 0.369 e. The van der Waals surface area contributed by atoms with E-state index in [9.17, 15) is 14.4 Å². The molecule has 244 valence electrons. The van der Waals surface area contributed by atoms with Crippen LogP contribution in [0.1, 0.15) is 40.5 Å². The molecule has 0 fully saturated rings. The second kappa shape index (κ2) is 22.9. The highest BCUT2D eigenvalue weighted by atomic mass is 16.5. The summed E-state index contributed by atoms with van der Waals surface area (Å²) in [6.45, 7) is 6.70. The van der Waals surface area contributed by atoms with E-state index in [4.69, 9.17) is 54.1 Å². The lowest BCUT2D eigenvalue weighted by atomic mass is 10.0. The minimum absolute atomic E-state index is 0.0588. The highest BCUT2D eigenvalue weighted by molar-refractivity contribution is 5.79. The predicted octanol–water partition coefficient (Wildman–Crippen LogP) is 0.0436. The molecule has 0 atom stereocenters. The minimum Gasteiger partial charge on any atom is -0.369 e. The van der Waals surface area contributed by atoms with Crippen LogP contribution in [-0.4, -0.2) is 114 Å². The third kappa shape index (κ3) is 19.6. The van der Waals surface area contributed by atoms with Crippen LogP contribution in [0.5, 0.6) is 0 Å². The van der Waals surface area contributed by atoms with Crippen molar-refractivity contribution in [1.82, 2.24) is 16.0 Å². The zero-order valence-corrected chi connectivity index (χ0v) is 26.4. The Balaban J connectivity index is 5.21. The first-order chi connectivity index (χ1) is 20.9. The van der Waals surface area contributed by atoms with Gasteiger partial charge in [0.25, 0.3) is 0 Å². The summed E-state index contributed by atoms with van der Waals surface area (Å²) in [6, 6.07) is 0. The summed E-state index contributed by atoms with van der Waals surface area (Å²) in [5, 5.41) is 8.49. The lowest BCUT2D eigenvalue weighted by molar-refractivity contribution is -0.132. The maximum atomic E-state index is 12.7. The summed E-state index contributed by atoms with van der Waals surface area (Å²) in [5.74, 6) is 8.31. The van der Waals surface area contributed by atoms with Gasteiger partial charge in [0.1, 0.15) is 39.6 Å². The highest BCUT2D eigenvalue weighted by Crippen LogP contribution is 2.10. The average Bonchev–Trinajstić information content (AvgIpc) is 2.93. The van der Waals surface area contributed by atoms with Gasteiger partial charge in [-0.05, 0) is 27.2 Å². The van der Waals surface area contributed by atoms with Gasteiger partial charge in [-0.2, -0.15) is 0 Å². The smallest absolute Gasteiger partial charge is 0.246 e. The topological polar surface area (TPSA) is 143 Å². The number of terminal acetylenes is 4. The lowest BCUT2D eigenvalue weighted by Crippen LogP contribution is -2.56. The Morgan fingerprint density at radius 2 is 0.795 bits per heavy atom. The molecule has 0 aliphatic carbocycles. The molecule has 44 heavy (non-hydrogen) atoms. The fourth-order valence-corrected chi connectivity index (χ4v) is 3.79. The molecule has 0 aromatic heterocycles. The lowest BCUT2D eigenvalue weighted by Gasteiger charge is -2.32. The third-order valence-corrected chi connectivity index (χ3v) is 5.53. The van der Waals surface area contributed by atoms with Gasteiger partial charge in [-0.15, -0.1) is 25.7 Å². The van der Waals surface area contributed by atoms with Crippen LogP contribution in [0.15, 0.2) is 0 Å². The third-order valence-electron chi connectivity index (χ3n) is 5.53. The molecule has 0 unspecified atom stereocenters. The number of carbonyl (C=O) groups is 3. The van der Waals surface area contributed by atoms with Crippen LogP contribution in [0.25, 0.3) is 0 Å². The van der Waals surface area contributed by atoms with Crippen LogP contribution in [0.4, 0.5) is 0 Å². The summed E-state index contributed by atoms with van der Waals surface area (Å²) >= 11 is 0. The standard InChI is InChI=1S/C32H47N3O9/c1-9-14-27(36)33-32(8,25-43-19-28(37)34-30(6,21-39-15-10-2)22-40-16-11-3)26-44-20-29(38)35-31(7,23-41-17-12-4)24-42-18-13-5/h2-5H,9,14-26H2,1,6-8H3,(H,33,36)(H,34,37)(H,35,38). The Kier molecular flexibility index (Phi) is 21.0. The van der Waals surface area contributed by atoms with Crippen molar-refractivity contribution < 1.29 is 42.8 Å². The second-order valence-corrected chi connectivity index (χ2v) is 10.8. The molecule has 0 heterocycles. The maximum absolute atomic E-state index is 12.7. The van der Waals surface area contributed by atoms with Crippen LogP contribution in [-0.2, 0) is 42.8 Å². The van der Waals surface area contributed by atoms with Crippen LogP contribution < -0.4 is 16.0 Å². The monoisotopic (exact) mass is 617 g/mol. The van der Waals surface area contributed by atoms with E-state index in [0.717, 1.165) is 0 Å². The van der Waals surface area contributed by atoms with Gasteiger partial charge >= 0.3 is 0 Å². The van der Waals surface area contributed by atoms with E-state index >= 15 is 0 Å². The molecule has 3 N–H and O–H groups in total. The van der Waals surface area contributed by atoms with E-state index < -0.39 is 28.4 Å². The van der Waals surface area contributed by atoms with Crippen LogP contribution >= 0.6 is 0 Å². The van der Waals surface area contributed by atoms with Crippen molar-refractivity contribution in [3.8, 4) is 49.4 Å². The Bertz CT molecular complexity index is 939. The van der Waals surface area contributed by atoms with Crippen LogP contribution in [0, 0.1) is 49.4 Å². The van der Waals surface area contributed by atoms with E-state index in [1.54, 1.807) is 20.8 Å². The summed E-state index contributed by atoms with van der Waals surface area (Å²) < 4.78 is 32.9. The Morgan fingerprint density at radius 1 is 0.523 bits per heavy atom. The van der Waals surface area contributed by atoms with E-state index in [0.29, 0.717) is 6.42 Å². The van der Waals surface area contributed by atoms with E-state index in [2.05, 4.69) is 39.6 Å². The highest BCUT2D eigenvalue weighted by Gasteiger charge is 2.31. The zero-order chi connectivity index (χ0) is 33.3. The van der Waals surface area contributed by atoms with Gasteiger partial charge in [0, 0.05) is 6.42 Å². The van der Waals surface area contributed by atoms with Crippen LogP contribution in [0.3, 0.4) is 0 Å². The van der Waals surface area contributed by atoms with Crippen molar-refractivity contribution in [2.45, 2.75) is 57.2 Å². The molecule has 0 aliphatic heterocycles. The molecule has 3 amide bonds. The summed E-state index contributed by atoms with van der Waals surface area (Å²) in [7, 11) is 0. The van der Waals surface area contributed by atoms with Gasteiger partial charge in [0.2, 0.25) is 17.7 Å². The molecule has 0 spiro atoms. The van der Waals surface area contributed by atoms with E-state index in [1.807, 2.05) is 6.92 Å². The molecule has 12 nitrogen and oxygen atoms in total. The van der Waals surface area contributed by atoms with Crippen molar-refractivity contribution in [3.05, 3.63) is 0 Å². The van der Waals surface area contributed by atoms with Gasteiger partial charge in [-0.1, -0.05) is 30.6 Å². The van der Waals surface area contributed by atoms with Crippen LogP contribution in [0.2, 0.25) is 0 Å². The number of carbonyl (C=O) groups excluding carboxylic acids is 3. The van der Waals surface area contributed by atoms with Crippen molar-refractivity contribution in [2.24, 2.45) is 0 Å². The molecule has 0 rings (SSSR count). The first-order valence-corrected chi connectivity index (χ1v) is 14.0. The fourth-order valence-electron chi connectivity index (χ4n) is 3.79. The number of amides is 3. The summed E-state index contributed by atoms with van der Waals surface area (Å²) in [5.41, 5.74) is -2.90. The number of rotatable bonds is 25. The van der Waals surface area contributed by atoms with Gasteiger partial charge in [-0.25, -0.2) is 0 Å². The SMILES string of the molecule is C#CCOCC(C)(COCC#C)NC(=O)COCC(C)(COCC(=O)NC(C)(COCC#C)COCC#C)NC(=O)CCC. The first kappa shape index (κ1) is 40.4. The molecule has 12 heteroatoms. The molecule has 0 radical (unpaired) electrons. The van der Waals surface area contributed by atoms with Gasteiger partial charge < -0.3 is 44.4 Å². The minimum atomic E-state index is -1.06. The molecule has 0 saturated heterocycles. The molecule has 0 bridgehead atoms. The van der Waals surface area contributed by atoms with Crippen molar-refractivity contribution in [2.75, 3.05) is 79.3 Å². The van der Waals surface area contributed by atoms with Gasteiger partial charge in [0.05, 0.1) is 56.3 Å².